The van der Waals surface area contributed by atoms with Crippen molar-refractivity contribution >= 4 is 33.3 Å². The Morgan fingerprint density at radius 2 is 1.82 bits per heavy atom. The monoisotopic (exact) mass is 388 g/mol. The molecule has 0 spiro atoms. The number of hydrogen-bond donors (Lipinski definition) is 0. The Bertz CT molecular complexity index is 1280. The largest absolute Gasteiger partial charge is 0.450 e. The van der Waals surface area contributed by atoms with Crippen LogP contribution in [0.2, 0.25) is 0 Å². The van der Waals surface area contributed by atoms with Gasteiger partial charge in [-0.25, -0.2) is 4.98 Å². The highest BCUT2D eigenvalue weighted by molar-refractivity contribution is 7.13. The fourth-order valence-electron chi connectivity index (χ4n) is 3.71. The molecule has 2 aromatic carbocycles. The summed E-state index contributed by atoms with van der Waals surface area (Å²) in [5.74, 6) is -0.235. The van der Waals surface area contributed by atoms with Gasteiger partial charge >= 0.3 is 0 Å². The van der Waals surface area contributed by atoms with Gasteiger partial charge in [0.15, 0.2) is 10.6 Å². The number of hydrogen-bond acceptors (Lipinski definition) is 5. The van der Waals surface area contributed by atoms with E-state index in [9.17, 15) is 9.59 Å². The minimum absolute atomic E-state index is 0.102. The van der Waals surface area contributed by atoms with E-state index in [2.05, 4.69) is 4.98 Å². The summed E-state index contributed by atoms with van der Waals surface area (Å²) in [5.41, 5.74) is 3.52. The van der Waals surface area contributed by atoms with E-state index in [1.165, 1.54) is 11.3 Å². The van der Waals surface area contributed by atoms with Gasteiger partial charge in [-0.3, -0.25) is 14.5 Å². The number of nitrogens with zero attached hydrogens (tertiary/aromatic N) is 2. The smallest absolute Gasteiger partial charge is 0.297 e. The predicted octanol–water partition coefficient (Wildman–Crippen LogP) is 4.62. The first-order valence-corrected chi connectivity index (χ1v) is 9.80. The summed E-state index contributed by atoms with van der Waals surface area (Å²) in [6, 6.07) is 12.6. The van der Waals surface area contributed by atoms with Gasteiger partial charge in [0.05, 0.1) is 17.0 Å². The normalized spacial score (nSPS) is 16.0. The summed E-state index contributed by atoms with van der Waals surface area (Å²) in [6.45, 7) is 3.92. The quantitative estimate of drug-likeness (QED) is 0.503. The number of aromatic nitrogens is 1. The van der Waals surface area contributed by atoms with Gasteiger partial charge in [0.1, 0.15) is 5.58 Å². The van der Waals surface area contributed by atoms with Crippen LogP contribution in [0.25, 0.3) is 11.0 Å². The third kappa shape index (κ3) is 2.34. The molecule has 0 bridgehead atoms. The topological polar surface area (TPSA) is 63.4 Å². The molecule has 1 amide bonds. The molecule has 1 atom stereocenters. The van der Waals surface area contributed by atoms with Crippen molar-refractivity contribution < 1.29 is 9.21 Å². The zero-order chi connectivity index (χ0) is 19.4. The van der Waals surface area contributed by atoms with Gasteiger partial charge in [0.2, 0.25) is 5.76 Å². The van der Waals surface area contributed by atoms with Crippen molar-refractivity contribution in [2.75, 3.05) is 4.90 Å². The molecule has 5 rings (SSSR count). The standard InChI is InChI=1S/C22H16N2O3S/c1-12-10-15-16(11-13(12)2)27-20-17(19(15)25)18(14-6-4-3-5-7-14)24(21(20)26)22-23-8-9-28-22/h3-11,18H,1-2H3. The van der Waals surface area contributed by atoms with E-state index >= 15 is 0 Å². The van der Waals surface area contributed by atoms with Gasteiger partial charge in [-0.15, -0.1) is 11.3 Å². The number of carbonyl (C=O) groups excluding carboxylic acids is 1. The lowest BCUT2D eigenvalue weighted by molar-refractivity contribution is 0.0971. The van der Waals surface area contributed by atoms with Crippen molar-refractivity contribution in [2.24, 2.45) is 0 Å². The molecule has 5 nitrogen and oxygen atoms in total. The number of anilines is 1. The average molecular weight is 388 g/mol. The molecule has 0 fully saturated rings. The number of rotatable bonds is 2. The second-order valence-corrected chi connectivity index (χ2v) is 7.78. The van der Waals surface area contributed by atoms with Crippen LogP contribution in [0.5, 0.6) is 0 Å². The molecule has 6 heteroatoms. The zero-order valence-electron chi connectivity index (χ0n) is 15.3. The second kappa shape index (κ2) is 6.14. The Morgan fingerprint density at radius 1 is 1.07 bits per heavy atom. The van der Waals surface area contributed by atoms with Gasteiger partial charge in [-0.2, -0.15) is 0 Å². The van der Waals surface area contributed by atoms with Crippen molar-refractivity contribution in [3.05, 3.63) is 92.3 Å². The Labute approximate surface area is 164 Å². The van der Waals surface area contributed by atoms with Crippen LogP contribution < -0.4 is 10.3 Å². The van der Waals surface area contributed by atoms with Crippen LogP contribution in [-0.4, -0.2) is 10.9 Å². The van der Waals surface area contributed by atoms with E-state index < -0.39 is 6.04 Å². The van der Waals surface area contributed by atoms with E-state index in [1.54, 1.807) is 11.1 Å². The molecular weight excluding hydrogens is 372 g/mol. The summed E-state index contributed by atoms with van der Waals surface area (Å²) in [7, 11) is 0. The van der Waals surface area contributed by atoms with E-state index in [0.29, 0.717) is 21.7 Å². The van der Waals surface area contributed by atoms with Gasteiger partial charge in [0.25, 0.3) is 5.91 Å². The Kier molecular flexibility index (Phi) is 3.70. The van der Waals surface area contributed by atoms with E-state index in [1.807, 2.05) is 61.7 Å². The summed E-state index contributed by atoms with van der Waals surface area (Å²) < 4.78 is 6.00. The maximum absolute atomic E-state index is 13.5. The number of aryl methyl sites for hydroxylation is 2. The van der Waals surface area contributed by atoms with Gasteiger partial charge < -0.3 is 4.42 Å². The van der Waals surface area contributed by atoms with Gasteiger partial charge in [-0.1, -0.05) is 30.3 Å². The zero-order valence-corrected chi connectivity index (χ0v) is 16.1. The van der Waals surface area contributed by atoms with Crippen LogP contribution in [0.15, 0.2) is 63.3 Å². The van der Waals surface area contributed by atoms with Crippen molar-refractivity contribution in [3.63, 3.8) is 0 Å². The third-order valence-electron chi connectivity index (χ3n) is 5.23. The Hall–Kier alpha value is -3.25. The molecule has 0 N–H and O–H groups in total. The number of amides is 1. The highest BCUT2D eigenvalue weighted by Gasteiger charge is 2.44. The van der Waals surface area contributed by atoms with Crippen molar-refractivity contribution in [3.8, 4) is 0 Å². The van der Waals surface area contributed by atoms with Crippen molar-refractivity contribution in [1.29, 1.82) is 0 Å². The summed E-state index contributed by atoms with van der Waals surface area (Å²) in [4.78, 5) is 32.6. The van der Waals surface area contributed by atoms with Crippen LogP contribution in [0.4, 0.5) is 5.13 Å². The molecule has 2 aromatic heterocycles. The molecule has 3 heterocycles. The first-order valence-electron chi connectivity index (χ1n) is 8.92. The molecule has 28 heavy (non-hydrogen) atoms. The summed E-state index contributed by atoms with van der Waals surface area (Å²) in [6.07, 6.45) is 1.65. The minimum atomic E-state index is -0.558. The SMILES string of the molecule is Cc1cc2oc3c(c(=O)c2cc1C)C(c1ccccc1)N(c1nccs1)C3=O. The average Bonchev–Trinajstić information content (AvgIpc) is 3.31. The van der Waals surface area contributed by atoms with Crippen LogP contribution in [0.1, 0.15) is 38.9 Å². The number of thiazole rings is 1. The van der Waals surface area contributed by atoms with Crippen LogP contribution in [-0.2, 0) is 0 Å². The van der Waals surface area contributed by atoms with Crippen molar-refractivity contribution in [1.82, 2.24) is 4.98 Å². The fourth-order valence-corrected chi connectivity index (χ4v) is 4.38. The highest BCUT2D eigenvalue weighted by atomic mass is 32.1. The maximum Gasteiger partial charge on any atom is 0.297 e. The molecule has 0 saturated carbocycles. The predicted molar refractivity (Wildman–Crippen MR) is 109 cm³/mol. The number of fused-ring (bicyclic) bond motifs is 2. The lowest BCUT2D eigenvalue weighted by atomic mass is 9.98. The third-order valence-corrected chi connectivity index (χ3v) is 6.00. The number of benzene rings is 2. The van der Waals surface area contributed by atoms with Gasteiger partial charge in [-0.05, 0) is 42.7 Å². The minimum Gasteiger partial charge on any atom is -0.450 e. The first-order chi connectivity index (χ1) is 13.6. The lowest BCUT2D eigenvalue weighted by Crippen LogP contribution is -2.29. The van der Waals surface area contributed by atoms with E-state index in [-0.39, 0.29) is 17.1 Å². The Balaban J connectivity index is 1.85. The Morgan fingerprint density at radius 3 is 2.54 bits per heavy atom. The van der Waals surface area contributed by atoms with Crippen LogP contribution in [0.3, 0.4) is 0 Å². The molecule has 4 aromatic rings. The molecule has 1 unspecified atom stereocenters. The summed E-state index contributed by atoms with van der Waals surface area (Å²) >= 11 is 1.36. The fraction of sp³-hybridized carbons (Fsp3) is 0.136. The summed E-state index contributed by atoms with van der Waals surface area (Å²) in [5, 5.41) is 2.85. The molecule has 0 saturated heterocycles. The highest BCUT2D eigenvalue weighted by Crippen LogP contribution is 2.41. The second-order valence-electron chi connectivity index (χ2n) is 6.91. The lowest BCUT2D eigenvalue weighted by Gasteiger charge is -2.22. The van der Waals surface area contributed by atoms with Crippen LogP contribution in [0, 0.1) is 13.8 Å². The molecule has 138 valence electrons. The van der Waals surface area contributed by atoms with E-state index in [0.717, 1.165) is 16.7 Å². The maximum atomic E-state index is 13.5. The van der Waals surface area contributed by atoms with Crippen molar-refractivity contribution in [2.45, 2.75) is 19.9 Å². The number of carbonyl (C=O) groups is 1. The van der Waals surface area contributed by atoms with E-state index in [4.69, 9.17) is 4.42 Å². The molecular formula is C22H16N2O3S. The molecule has 0 aliphatic carbocycles. The molecule has 0 radical (unpaired) electrons. The molecule has 1 aliphatic heterocycles. The molecule has 1 aliphatic rings. The first kappa shape index (κ1) is 16.9. The van der Waals surface area contributed by atoms with Crippen LogP contribution >= 0.6 is 11.3 Å². The van der Waals surface area contributed by atoms with Gasteiger partial charge in [0, 0.05) is 11.6 Å².